The standard InChI is InChI=1S/C29H51N3O2/c30-17-5-3-1-2-4-6-19-32(20-8-18-31)29(33)34-24-13-16-26-23(21-24)12-15-27-25-10-7-9-22(25)11-14-28(26)27/h12,22,24-28H,1-11,13-21,30-31H2. The van der Waals surface area contributed by atoms with Crippen LogP contribution in [0.2, 0.25) is 0 Å². The van der Waals surface area contributed by atoms with Crippen molar-refractivity contribution < 1.29 is 9.53 Å². The second kappa shape index (κ2) is 13.3. The van der Waals surface area contributed by atoms with Gasteiger partial charge in [-0.3, -0.25) is 0 Å². The number of rotatable bonds is 12. The number of unbranched alkanes of at least 4 members (excludes halogenated alkanes) is 5. The van der Waals surface area contributed by atoms with E-state index in [1.54, 1.807) is 5.57 Å². The number of nitrogens with zero attached hydrogens (tertiary/aromatic N) is 1. The lowest BCUT2D eigenvalue weighted by Gasteiger charge is -2.49. The van der Waals surface area contributed by atoms with Crippen LogP contribution in [0.4, 0.5) is 4.79 Å². The zero-order valence-electron chi connectivity index (χ0n) is 21.6. The summed E-state index contributed by atoms with van der Waals surface area (Å²) in [6, 6.07) is 0. The molecule has 0 aliphatic heterocycles. The van der Waals surface area contributed by atoms with Gasteiger partial charge in [-0.1, -0.05) is 50.2 Å². The molecule has 0 saturated heterocycles. The third-order valence-electron chi connectivity index (χ3n) is 9.64. The summed E-state index contributed by atoms with van der Waals surface area (Å²) < 4.78 is 6.11. The summed E-state index contributed by atoms with van der Waals surface area (Å²) in [4.78, 5) is 15.0. The third kappa shape index (κ3) is 6.57. The van der Waals surface area contributed by atoms with Gasteiger partial charge in [-0.15, -0.1) is 0 Å². The Balaban J connectivity index is 1.24. The highest BCUT2D eigenvalue weighted by Crippen LogP contribution is 2.56. The molecule has 6 atom stereocenters. The maximum absolute atomic E-state index is 13.1. The fraction of sp³-hybridized carbons (Fsp3) is 0.897. The Kier molecular flexibility index (Phi) is 10.2. The highest BCUT2D eigenvalue weighted by atomic mass is 16.6. The highest BCUT2D eigenvalue weighted by molar-refractivity contribution is 5.67. The average Bonchev–Trinajstić information content (AvgIpc) is 3.34. The van der Waals surface area contributed by atoms with E-state index < -0.39 is 0 Å². The van der Waals surface area contributed by atoms with E-state index in [1.165, 1.54) is 70.6 Å². The lowest BCUT2D eigenvalue weighted by atomic mass is 9.57. The van der Waals surface area contributed by atoms with Gasteiger partial charge in [0.2, 0.25) is 0 Å². The van der Waals surface area contributed by atoms with Crippen LogP contribution in [0.3, 0.4) is 0 Å². The summed E-state index contributed by atoms with van der Waals surface area (Å²) in [7, 11) is 0. The van der Waals surface area contributed by atoms with Crippen LogP contribution in [0.5, 0.6) is 0 Å². The zero-order chi connectivity index (χ0) is 23.8. The van der Waals surface area contributed by atoms with Gasteiger partial charge in [0.1, 0.15) is 6.10 Å². The Morgan fingerprint density at radius 1 is 0.824 bits per heavy atom. The summed E-state index contributed by atoms with van der Waals surface area (Å²) in [5, 5.41) is 0. The predicted octanol–water partition coefficient (Wildman–Crippen LogP) is 6.01. The van der Waals surface area contributed by atoms with E-state index in [0.29, 0.717) is 13.1 Å². The predicted molar refractivity (Wildman–Crippen MR) is 139 cm³/mol. The van der Waals surface area contributed by atoms with E-state index >= 15 is 0 Å². The van der Waals surface area contributed by atoms with Crippen LogP contribution < -0.4 is 11.5 Å². The molecule has 6 unspecified atom stereocenters. The lowest BCUT2D eigenvalue weighted by Crippen LogP contribution is -2.42. The van der Waals surface area contributed by atoms with Crippen LogP contribution in [0.25, 0.3) is 0 Å². The van der Waals surface area contributed by atoms with E-state index in [-0.39, 0.29) is 12.2 Å². The second-order valence-electron chi connectivity index (χ2n) is 11.7. The number of nitrogens with two attached hydrogens (primary N) is 2. The van der Waals surface area contributed by atoms with Crippen LogP contribution in [0.1, 0.15) is 103 Å². The quantitative estimate of drug-likeness (QED) is 0.268. The van der Waals surface area contributed by atoms with Gasteiger partial charge in [-0.2, -0.15) is 0 Å². The van der Waals surface area contributed by atoms with Crippen LogP contribution in [0.15, 0.2) is 11.6 Å². The minimum atomic E-state index is -0.110. The van der Waals surface area contributed by atoms with Gasteiger partial charge in [-0.05, 0) is 100 Å². The molecule has 194 valence electrons. The monoisotopic (exact) mass is 473 g/mol. The normalized spacial score (nSPS) is 32.4. The van der Waals surface area contributed by atoms with Crippen LogP contribution in [-0.2, 0) is 4.74 Å². The summed E-state index contributed by atoms with van der Waals surface area (Å²) in [5.74, 6) is 4.64. The fourth-order valence-electron chi connectivity index (χ4n) is 7.90. The van der Waals surface area contributed by atoms with Gasteiger partial charge in [0, 0.05) is 19.5 Å². The van der Waals surface area contributed by atoms with Crippen LogP contribution in [-0.4, -0.2) is 43.3 Å². The first-order valence-electron chi connectivity index (χ1n) is 14.8. The number of allylic oxidation sites excluding steroid dienone is 1. The number of hydrogen-bond donors (Lipinski definition) is 2. The van der Waals surface area contributed by atoms with E-state index in [4.69, 9.17) is 16.2 Å². The number of fused-ring (bicyclic) bond motifs is 5. The molecule has 4 aliphatic carbocycles. The number of amides is 1. The number of carbonyl (C=O) groups excluding carboxylic acids is 1. The minimum absolute atomic E-state index is 0.0611. The van der Waals surface area contributed by atoms with Crippen molar-refractivity contribution in [2.24, 2.45) is 41.1 Å². The van der Waals surface area contributed by atoms with Crippen LogP contribution >= 0.6 is 0 Å². The molecule has 3 saturated carbocycles. The Hall–Kier alpha value is -1.07. The lowest BCUT2D eigenvalue weighted by molar-refractivity contribution is 0.0224. The van der Waals surface area contributed by atoms with Crippen molar-refractivity contribution in [3.63, 3.8) is 0 Å². The van der Waals surface area contributed by atoms with E-state index in [2.05, 4.69) is 6.08 Å². The molecule has 0 aromatic carbocycles. The molecule has 0 radical (unpaired) electrons. The van der Waals surface area contributed by atoms with Gasteiger partial charge in [-0.25, -0.2) is 4.79 Å². The fourth-order valence-corrected chi connectivity index (χ4v) is 7.90. The van der Waals surface area contributed by atoms with Gasteiger partial charge in [0.15, 0.2) is 0 Å². The van der Waals surface area contributed by atoms with Crippen molar-refractivity contribution in [3.8, 4) is 0 Å². The summed E-state index contributed by atoms with van der Waals surface area (Å²) in [6.07, 6.45) is 22.2. The number of hydrogen-bond acceptors (Lipinski definition) is 4. The van der Waals surface area contributed by atoms with Gasteiger partial charge < -0.3 is 21.1 Å². The first-order chi connectivity index (χ1) is 16.7. The molecule has 0 aromatic heterocycles. The second-order valence-corrected chi connectivity index (χ2v) is 11.7. The number of carbonyl (C=O) groups is 1. The molecule has 4 rings (SSSR count). The highest BCUT2D eigenvalue weighted by Gasteiger charge is 2.47. The van der Waals surface area contributed by atoms with Crippen molar-refractivity contribution in [1.29, 1.82) is 0 Å². The summed E-state index contributed by atoms with van der Waals surface area (Å²) in [6.45, 7) is 2.91. The molecule has 0 aromatic rings. The maximum Gasteiger partial charge on any atom is 0.410 e. The summed E-state index contributed by atoms with van der Waals surface area (Å²) >= 11 is 0. The Morgan fingerprint density at radius 3 is 2.41 bits per heavy atom. The largest absolute Gasteiger partial charge is 0.446 e. The Morgan fingerprint density at radius 2 is 1.59 bits per heavy atom. The van der Waals surface area contributed by atoms with Gasteiger partial charge >= 0.3 is 6.09 Å². The maximum atomic E-state index is 13.1. The third-order valence-corrected chi connectivity index (χ3v) is 9.64. The van der Waals surface area contributed by atoms with Crippen molar-refractivity contribution in [3.05, 3.63) is 11.6 Å². The Bertz CT molecular complexity index is 666. The van der Waals surface area contributed by atoms with E-state index in [0.717, 1.165) is 74.8 Å². The molecule has 4 N–H and O–H groups in total. The SMILES string of the molecule is NCCCCCCCCN(CCCN)C(=O)OC1CCC2C(=CCC3C4CCCC4CCC23)C1. The van der Waals surface area contributed by atoms with E-state index in [9.17, 15) is 4.79 Å². The molecule has 5 heteroatoms. The molecule has 4 aliphatic rings. The number of ether oxygens (including phenoxy) is 1. The van der Waals surface area contributed by atoms with Gasteiger partial charge in [0.05, 0.1) is 0 Å². The van der Waals surface area contributed by atoms with E-state index in [1.807, 2.05) is 4.90 Å². The van der Waals surface area contributed by atoms with Crippen molar-refractivity contribution in [2.45, 2.75) is 109 Å². The van der Waals surface area contributed by atoms with Crippen molar-refractivity contribution >= 4 is 6.09 Å². The molecule has 0 bridgehead atoms. The van der Waals surface area contributed by atoms with Crippen LogP contribution in [0, 0.1) is 29.6 Å². The smallest absolute Gasteiger partial charge is 0.410 e. The first kappa shape index (κ1) is 26.0. The first-order valence-corrected chi connectivity index (χ1v) is 14.8. The Labute approximate surface area is 208 Å². The molecular formula is C29H51N3O2. The molecular weight excluding hydrogens is 422 g/mol. The molecule has 34 heavy (non-hydrogen) atoms. The van der Waals surface area contributed by atoms with Gasteiger partial charge in [0.25, 0.3) is 0 Å². The minimum Gasteiger partial charge on any atom is -0.446 e. The molecule has 3 fully saturated rings. The molecule has 5 nitrogen and oxygen atoms in total. The average molecular weight is 474 g/mol. The molecule has 0 spiro atoms. The topological polar surface area (TPSA) is 81.6 Å². The van der Waals surface area contributed by atoms with Crippen molar-refractivity contribution in [1.82, 2.24) is 4.90 Å². The van der Waals surface area contributed by atoms with Crippen molar-refractivity contribution in [2.75, 3.05) is 26.2 Å². The molecule has 0 heterocycles. The molecule has 1 amide bonds. The zero-order valence-corrected chi connectivity index (χ0v) is 21.6. The summed E-state index contributed by atoms with van der Waals surface area (Å²) in [5.41, 5.74) is 12.9.